The topological polar surface area (TPSA) is 44.1 Å². The Labute approximate surface area is 165 Å². The SMILES string of the molecule is CN(C)C(=Nc1ccccc1N=Cc1ccccn1)N(C)C.[Cl][Zn][Cl]. The molecule has 0 aliphatic heterocycles. The van der Waals surface area contributed by atoms with E-state index in [-0.39, 0.29) is 0 Å². The van der Waals surface area contributed by atoms with Crippen LogP contribution in [0.15, 0.2) is 58.6 Å². The molecular formula is C17H21Cl2N5Zn. The molecule has 0 bridgehead atoms. The minimum absolute atomic E-state index is 0.814. The van der Waals surface area contributed by atoms with Gasteiger partial charge in [-0.25, -0.2) is 4.99 Å². The minimum atomic E-state index is -0.931. The van der Waals surface area contributed by atoms with Crippen molar-refractivity contribution in [1.82, 2.24) is 14.8 Å². The Hall–Kier alpha value is -1.49. The van der Waals surface area contributed by atoms with E-state index in [0.29, 0.717) is 0 Å². The van der Waals surface area contributed by atoms with Crippen molar-refractivity contribution >= 4 is 42.9 Å². The van der Waals surface area contributed by atoms with Gasteiger partial charge < -0.3 is 9.80 Å². The third-order valence-electron chi connectivity index (χ3n) is 2.93. The average molecular weight is 432 g/mol. The summed E-state index contributed by atoms with van der Waals surface area (Å²) < 4.78 is 0. The van der Waals surface area contributed by atoms with Crippen LogP contribution >= 0.6 is 19.4 Å². The molecule has 0 fully saturated rings. The maximum absolute atomic E-state index is 4.95. The summed E-state index contributed by atoms with van der Waals surface area (Å²) in [6.07, 6.45) is 3.50. The zero-order valence-electron chi connectivity index (χ0n) is 14.9. The molecule has 1 heterocycles. The fraction of sp³-hybridized carbons (Fsp3) is 0.235. The molecule has 0 aliphatic carbocycles. The number of guanidine groups is 1. The van der Waals surface area contributed by atoms with Crippen LogP contribution in [0.2, 0.25) is 0 Å². The zero-order chi connectivity index (χ0) is 18.7. The van der Waals surface area contributed by atoms with Crippen molar-refractivity contribution in [3.63, 3.8) is 0 Å². The molecule has 1 aromatic heterocycles. The van der Waals surface area contributed by atoms with E-state index < -0.39 is 15.1 Å². The Balaban J connectivity index is 0.000000970. The van der Waals surface area contributed by atoms with Crippen molar-refractivity contribution in [2.24, 2.45) is 9.98 Å². The van der Waals surface area contributed by atoms with Gasteiger partial charge >= 0.3 is 34.5 Å². The van der Waals surface area contributed by atoms with Crippen molar-refractivity contribution in [2.75, 3.05) is 28.2 Å². The number of pyridine rings is 1. The first-order chi connectivity index (χ1) is 12.0. The molecule has 2 rings (SSSR count). The summed E-state index contributed by atoms with van der Waals surface area (Å²) in [5.41, 5.74) is 2.46. The predicted molar refractivity (Wildman–Crippen MR) is 104 cm³/mol. The molecule has 0 unspecified atom stereocenters. The Morgan fingerprint density at radius 3 is 2.04 bits per heavy atom. The van der Waals surface area contributed by atoms with Gasteiger partial charge in [0, 0.05) is 34.4 Å². The molecule has 8 heteroatoms. The van der Waals surface area contributed by atoms with E-state index in [4.69, 9.17) is 24.4 Å². The second kappa shape index (κ2) is 12.0. The molecule has 0 saturated heterocycles. The van der Waals surface area contributed by atoms with Crippen molar-refractivity contribution in [3.8, 4) is 0 Å². The van der Waals surface area contributed by atoms with Crippen LogP contribution in [0, 0.1) is 0 Å². The van der Waals surface area contributed by atoms with Crippen molar-refractivity contribution in [1.29, 1.82) is 0 Å². The van der Waals surface area contributed by atoms with Crippen LogP contribution in [0.1, 0.15) is 5.69 Å². The number of aliphatic imine (C=N–C) groups is 2. The third-order valence-corrected chi connectivity index (χ3v) is 2.93. The van der Waals surface area contributed by atoms with Crippen molar-refractivity contribution < 1.29 is 15.1 Å². The van der Waals surface area contributed by atoms with Crippen molar-refractivity contribution in [3.05, 3.63) is 54.4 Å². The Morgan fingerprint density at radius 1 is 0.960 bits per heavy atom. The summed E-state index contributed by atoms with van der Waals surface area (Å²) in [5.74, 6) is 0.862. The van der Waals surface area contributed by atoms with Crippen LogP contribution in [0.25, 0.3) is 0 Å². The van der Waals surface area contributed by atoms with Gasteiger partial charge in [0.25, 0.3) is 0 Å². The van der Waals surface area contributed by atoms with Gasteiger partial charge in [0.2, 0.25) is 5.96 Å². The van der Waals surface area contributed by atoms with E-state index >= 15 is 0 Å². The van der Waals surface area contributed by atoms with E-state index in [1.54, 1.807) is 12.4 Å². The summed E-state index contributed by atoms with van der Waals surface area (Å²) in [6.45, 7) is 0. The number of benzene rings is 1. The number of nitrogens with zero attached hydrogens (tertiary/aromatic N) is 5. The molecule has 2 aromatic rings. The van der Waals surface area contributed by atoms with Gasteiger partial charge in [0.15, 0.2) is 0 Å². The molecule has 0 radical (unpaired) electrons. The molecule has 0 N–H and O–H groups in total. The fourth-order valence-electron chi connectivity index (χ4n) is 1.96. The molecule has 25 heavy (non-hydrogen) atoms. The summed E-state index contributed by atoms with van der Waals surface area (Å²) in [4.78, 5) is 17.4. The zero-order valence-corrected chi connectivity index (χ0v) is 19.4. The van der Waals surface area contributed by atoms with E-state index in [9.17, 15) is 0 Å². The second-order valence-electron chi connectivity index (χ2n) is 5.30. The molecule has 0 aliphatic rings. The van der Waals surface area contributed by atoms with Gasteiger partial charge in [-0.2, -0.15) is 0 Å². The normalized spacial score (nSPS) is 9.68. The first-order valence-electron chi connectivity index (χ1n) is 7.59. The summed E-state index contributed by atoms with van der Waals surface area (Å²) >= 11 is -0.931. The van der Waals surface area contributed by atoms with Gasteiger partial charge in [0.05, 0.1) is 23.3 Å². The average Bonchev–Trinajstić information content (AvgIpc) is 2.59. The molecule has 5 nitrogen and oxygen atoms in total. The number of hydrogen-bond acceptors (Lipinski definition) is 3. The summed E-state index contributed by atoms with van der Waals surface area (Å²) in [5, 5.41) is 0. The second-order valence-corrected chi connectivity index (χ2v) is 9.93. The van der Waals surface area contributed by atoms with Crippen molar-refractivity contribution in [2.45, 2.75) is 0 Å². The molecule has 0 atom stereocenters. The number of rotatable bonds is 3. The monoisotopic (exact) mass is 429 g/mol. The number of hydrogen-bond donors (Lipinski definition) is 0. The molecule has 130 valence electrons. The van der Waals surface area contributed by atoms with Crippen LogP contribution in [-0.4, -0.2) is 55.1 Å². The van der Waals surface area contributed by atoms with E-state index in [1.807, 2.05) is 80.5 Å². The fourth-order valence-corrected chi connectivity index (χ4v) is 1.96. The van der Waals surface area contributed by atoms with Crippen LogP contribution in [0.4, 0.5) is 11.4 Å². The number of aromatic nitrogens is 1. The Bertz CT molecular complexity index is 680. The Morgan fingerprint density at radius 2 is 1.52 bits per heavy atom. The molecule has 0 spiro atoms. The first kappa shape index (κ1) is 21.6. The van der Waals surface area contributed by atoms with Crippen LogP contribution in [0.5, 0.6) is 0 Å². The first-order valence-corrected chi connectivity index (χ1v) is 15.4. The van der Waals surface area contributed by atoms with Crippen LogP contribution in [0.3, 0.4) is 0 Å². The van der Waals surface area contributed by atoms with Gasteiger partial charge in [0.1, 0.15) is 0 Å². The van der Waals surface area contributed by atoms with Crippen LogP contribution in [-0.2, 0) is 15.1 Å². The van der Waals surface area contributed by atoms with Gasteiger partial charge in [-0.15, -0.1) is 0 Å². The maximum atomic E-state index is 4.95. The van der Waals surface area contributed by atoms with Crippen LogP contribution < -0.4 is 0 Å². The third kappa shape index (κ3) is 7.95. The molecule has 0 amide bonds. The van der Waals surface area contributed by atoms with E-state index in [0.717, 1.165) is 23.0 Å². The predicted octanol–water partition coefficient (Wildman–Crippen LogP) is 4.32. The van der Waals surface area contributed by atoms with E-state index in [1.165, 1.54) is 0 Å². The summed E-state index contributed by atoms with van der Waals surface area (Å²) in [6, 6.07) is 13.6. The number of para-hydroxylation sites is 2. The Kier molecular flexibility index (Phi) is 10.3. The number of halogens is 2. The molecule has 0 saturated carbocycles. The van der Waals surface area contributed by atoms with Gasteiger partial charge in [-0.3, -0.25) is 9.98 Å². The summed E-state index contributed by atoms with van der Waals surface area (Å²) in [7, 11) is 17.8. The van der Waals surface area contributed by atoms with E-state index in [2.05, 4.69) is 9.98 Å². The molecule has 1 aromatic carbocycles. The van der Waals surface area contributed by atoms with Gasteiger partial charge in [-0.1, -0.05) is 18.2 Å². The standard InChI is InChI=1S/C17H21N5.2ClH.Zn/c1-21(2)17(22(3)4)20-16-11-6-5-10-15(16)19-13-14-9-7-8-12-18-14;;;/h5-13H,1-4H3;2*1H;/q;;;+2/p-2. The quantitative estimate of drug-likeness (QED) is 0.413. The molecular weight excluding hydrogens is 411 g/mol. The van der Waals surface area contributed by atoms with Gasteiger partial charge in [-0.05, 0) is 24.3 Å².